The van der Waals surface area contributed by atoms with Gasteiger partial charge in [0.1, 0.15) is 5.04 Å². The molecule has 0 aromatic carbocycles. The molecule has 0 bridgehead atoms. The van der Waals surface area contributed by atoms with Gasteiger partial charge in [-0.1, -0.05) is 25.3 Å². The fraction of sp³-hybridized carbons (Fsp3) is 0.600. The molecule has 0 rings (SSSR count). The molecule has 15 heavy (non-hydrogen) atoms. The number of Topliss-reactive ketones (excluding diaryl/α,β-unsaturated/α-hetero) is 1. The van der Waals surface area contributed by atoms with Gasteiger partial charge in [0.2, 0.25) is 0 Å². The first-order chi connectivity index (χ1) is 7.15. The molecule has 0 aromatic heterocycles. The molecule has 0 radical (unpaired) electrons. The Morgan fingerprint density at radius 3 is 2.87 bits per heavy atom. The third-order valence-corrected chi connectivity index (χ3v) is 2.41. The number of hydrogen-bond donors (Lipinski definition) is 2. The Morgan fingerprint density at radius 2 is 2.40 bits per heavy atom. The van der Waals surface area contributed by atoms with Crippen molar-refractivity contribution in [2.45, 2.75) is 26.0 Å². The number of rotatable bonds is 7. The van der Waals surface area contributed by atoms with Crippen LogP contribution in [-0.4, -0.2) is 35.8 Å². The van der Waals surface area contributed by atoms with E-state index in [1.165, 1.54) is 11.8 Å². The van der Waals surface area contributed by atoms with Gasteiger partial charge < -0.3 is 5.11 Å². The van der Waals surface area contributed by atoms with Gasteiger partial charge in [0, 0.05) is 6.42 Å². The summed E-state index contributed by atoms with van der Waals surface area (Å²) in [7, 11) is 1.62. The van der Waals surface area contributed by atoms with Crippen LogP contribution in [0.15, 0.2) is 17.0 Å². The molecule has 0 amide bonds. The minimum absolute atomic E-state index is 0.0861. The molecule has 0 aromatic rings. The monoisotopic (exact) mass is 230 g/mol. The molecule has 0 saturated carbocycles. The third-order valence-electron chi connectivity index (χ3n) is 1.65. The van der Waals surface area contributed by atoms with Gasteiger partial charge in [-0.05, 0) is 18.9 Å². The zero-order valence-electron chi connectivity index (χ0n) is 9.19. The van der Waals surface area contributed by atoms with Crippen LogP contribution >= 0.6 is 11.8 Å². The SMILES string of the molecule is C=CS/C(=N\CC(=O)CCC)C(O)NC. The van der Waals surface area contributed by atoms with Crippen molar-refractivity contribution >= 4 is 22.6 Å². The minimum atomic E-state index is -0.831. The molecule has 0 saturated heterocycles. The number of carbonyl (C=O) groups excluding carboxylic acids is 1. The van der Waals surface area contributed by atoms with E-state index in [0.29, 0.717) is 11.5 Å². The maximum absolute atomic E-state index is 11.2. The summed E-state index contributed by atoms with van der Waals surface area (Å²) in [5.74, 6) is 0.0861. The van der Waals surface area contributed by atoms with Crippen LogP contribution in [0.2, 0.25) is 0 Å². The number of ketones is 1. The lowest BCUT2D eigenvalue weighted by atomic mass is 10.2. The zero-order valence-corrected chi connectivity index (χ0v) is 10.0. The zero-order chi connectivity index (χ0) is 11.7. The number of aliphatic hydroxyl groups excluding tert-OH is 1. The molecule has 4 nitrogen and oxygen atoms in total. The van der Waals surface area contributed by atoms with E-state index in [1.54, 1.807) is 12.5 Å². The molecular weight excluding hydrogens is 212 g/mol. The van der Waals surface area contributed by atoms with Gasteiger partial charge in [-0.3, -0.25) is 15.1 Å². The quantitative estimate of drug-likeness (QED) is 0.391. The number of hydrogen-bond acceptors (Lipinski definition) is 5. The summed E-state index contributed by atoms with van der Waals surface area (Å²) in [6.45, 7) is 5.61. The maximum Gasteiger partial charge on any atom is 0.154 e. The van der Waals surface area contributed by atoms with Crippen molar-refractivity contribution < 1.29 is 9.90 Å². The van der Waals surface area contributed by atoms with Gasteiger partial charge >= 0.3 is 0 Å². The first-order valence-electron chi connectivity index (χ1n) is 4.84. The van der Waals surface area contributed by atoms with Crippen LogP contribution in [0.4, 0.5) is 0 Å². The fourth-order valence-corrected chi connectivity index (χ4v) is 1.48. The highest BCUT2D eigenvalue weighted by Crippen LogP contribution is 2.07. The van der Waals surface area contributed by atoms with E-state index in [0.717, 1.165) is 6.42 Å². The van der Waals surface area contributed by atoms with Crippen LogP contribution < -0.4 is 5.32 Å². The molecular formula is C10H18N2O2S. The predicted molar refractivity (Wildman–Crippen MR) is 65.1 cm³/mol. The average molecular weight is 230 g/mol. The minimum Gasteiger partial charge on any atom is -0.372 e. The van der Waals surface area contributed by atoms with Crippen LogP contribution in [0.1, 0.15) is 19.8 Å². The molecule has 1 atom stereocenters. The number of carbonyl (C=O) groups is 1. The summed E-state index contributed by atoms with van der Waals surface area (Å²) in [6.07, 6.45) is 0.528. The van der Waals surface area contributed by atoms with E-state index < -0.39 is 6.23 Å². The summed E-state index contributed by atoms with van der Waals surface area (Å²) in [5, 5.41) is 14.2. The van der Waals surface area contributed by atoms with Gasteiger partial charge in [-0.25, -0.2) is 0 Å². The first kappa shape index (κ1) is 14.3. The highest BCUT2D eigenvalue weighted by molar-refractivity contribution is 8.16. The topological polar surface area (TPSA) is 61.7 Å². The van der Waals surface area contributed by atoms with Gasteiger partial charge in [0.15, 0.2) is 12.0 Å². The summed E-state index contributed by atoms with van der Waals surface area (Å²) < 4.78 is 0. The molecule has 86 valence electrons. The predicted octanol–water partition coefficient (Wildman–Crippen LogP) is 1.17. The van der Waals surface area contributed by atoms with E-state index in [2.05, 4.69) is 16.9 Å². The Labute approximate surface area is 94.9 Å². The maximum atomic E-state index is 11.2. The van der Waals surface area contributed by atoms with E-state index in [-0.39, 0.29) is 12.3 Å². The van der Waals surface area contributed by atoms with Crippen LogP contribution in [0.3, 0.4) is 0 Å². The third kappa shape index (κ3) is 6.43. The lowest BCUT2D eigenvalue weighted by Crippen LogP contribution is -2.32. The molecule has 0 spiro atoms. The second-order valence-corrected chi connectivity index (χ2v) is 3.91. The van der Waals surface area contributed by atoms with Crippen molar-refractivity contribution in [1.82, 2.24) is 5.32 Å². The lowest BCUT2D eigenvalue weighted by Gasteiger charge is -2.10. The number of thioether (sulfide) groups is 1. The average Bonchev–Trinajstić information content (AvgIpc) is 2.23. The fourth-order valence-electron chi connectivity index (χ4n) is 0.921. The molecule has 5 heteroatoms. The Balaban J connectivity index is 4.27. The molecule has 0 aliphatic heterocycles. The van der Waals surface area contributed by atoms with E-state index >= 15 is 0 Å². The molecule has 0 heterocycles. The van der Waals surface area contributed by atoms with Crippen LogP contribution in [0, 0.1) is 0 Å². The molecule has 2 N–H and O–H groups in total. The molecule has 0 fully saturated rings. The van der Waals surface area contributed by atoms with Crippen molar-refractivity contribution in [1.29, 1.82) is 0 Å². The number of aliphatic hydroxyl groups is 1. The molecule has 0 aliphatic carbocycles. The van der Waals surface area contributed by atoms with Crippen molar-refractivity contribution in [2.24, 2.45) is 4.99 Å². The Kier molecular flexibility index (Phi) is 8.27. The Bertz CT molecular complexity index is 242. The number of aliphatic imine (C=N–C) groups is 1. The summed E-state index contributed by atoms with van der Waals surface area (Å²) >= 11 is 1.22. The number of nitrogens with one attached hydrogen (secondary N) is 1. The highest BCUT2D eigenvalue weighted by Gasteiger charge is 2.09. The largest absolute Gasteiger partial charge is 0.372 e. The summed E-state index contributed by atoms with van der Waals surface area (Å²) in [5.41, 5.74) is 0. The van der Waals surface area contributed by atoms with Gasteiger partial charge in [0.05, 0.1) is 6.54 Å². The smallest absolute Gasteiger partial charge is 0.154 e. The molecule has 0 aliphatic rings. The second kappa shape index (κ2) is 8.64. The van der Waals surface area contributed by atoms with Gasteiger partial charge in [-0.2, -0.15) is 0 Å². The standard InChI is InChI=1S/C10H18N2O2S/c1-4-6-8(13)7-12-10(15-5-2)9(14)11-3/h5,9,11,14H,2,4,6-7H2,1,3H3/b12-10-. The lowest BCUT2D eigenvalue weighted by molar-refractivity contribution is -0.117. The summed E-state index contributed by atoms with van der Waals surface area (Å²) in [6, 6.07) is 0. The van der Waals surface area contributed by atoms with Crippen molar-refractivity contribution in [2.75, 3.05) is 13.6 Å². The van der Waals surface area contributed by atoms with Crippen molar-refractivity contribution in [3.8, 4) is 0 Å². The van der Waals surface area contributed by atoms with E-state index in [9.17, 15) is 9.90 Å². The van der Waals surface area contributed by atoms with Crippen molar-refractivity contribution in [3.63, 3.8) is 0 Å². The Morgan fingerprint density at radius 1 is 1.73 bits per heavy atom. The van der Waals surface area contributed by atoms with Gasteiger partial charge in [-0.15, -0.1) is 0 Å². The first-order valence-corrected chi connectivity index (χ1v) is 5.72. The van der Waals surface area contributed by atoms with Crippen molar-refractivity contribution in [3.05, 3.63) is 12.0 Å². The van der Waals surface area contributed by atoms with Crippen LogP contribution in [-0.2, 0) is 4.79 Å². The number of nitrogens with zero attached hydrogens (tertiary/aromatic N) is 1. The highest BCUT2D eigenvalue weighted by atomic mass is 32.2. The Hall–Kier alpha value is -0.650. The normalized spacial score (nSPS) is 13.7. The van der Waals surface area contributed by atoms with Gasteiger partial charge in [0.25, 0.3) is 0 Å². The summed E-state index contributed by atoms with van der Waals surface area (Å²) in [4.78, 5) is 15.3. The van der Waals surface area contributed by atoms with Crippen LogP contribution in [0.5, 0.6) is 0 Å². The molecule has 1 unspecified atom stereocenters. The second-order valence-electron chi connectivity index (χ2n) is 2.92. The van der Waals surface area contributed by atoms with E-state index in [4.69, 9.17) is 0 Å². The van der Waals surface area contributed by atoms with E-state index in [1.807, 2.05) is 6.92 Å². The van der Waals surface area contributed by atoms with Crippen LogP contribution in [0.25, 0.3) is 0 Å².